The number of rotatable bonds is 3. The number of piperidine rings is 1. The van der Waals surface area contributed by atoms with Gasteiger partial charge in [-0.3, -0.25) is 9.78 Å². The van der Waals surface area contributed by atoms with E-state index in [0.717, 1.165) is 30.7 Å². The Morgan fingerprint density at radius 2 is 2.22 bits per heavy atom. The second kappa shape index (κ2) is 6.97. The summed E-state index contributed by atoms with van der Waals surface area (Å²) in [6.07, 6.45) is 5.59. The first-order valence-corrected chi connectivity index (χ1v) is 8.58. The van der Waals surface area contributed by atoms with Crippen LogP contribution in [0.2, 0.25) is 0 Å². The number of ether oxygens (including phenoxy) is 1. The summed E-state index contributed by atoms with van der Waals surface area (Å²) >= 11 is 0. The molecule has 1 aromatic heterocycles. The van der Waals surface area contributed by atoms with Crippen molar-refractivity contribution >= 4 is 5.91 Å². The Balaban J connectivity index is 1.54. The van der Waals surface area contributed by atoms with Crippen LogP contribution in [0.5, 0.6) is 0 Å². The summed E-state index contributed by atoms with van der Waals surface area (Å²) in [5.41, 5.74) is 0.897. The SMILES string of the molecule is Cc1ccc(C2(O)CCN(C(=O)C[C@@H]3CCCOC3)CC2)nc1. The number of hydrogen-bond donors (Lipinski definition) is 1. The van der Waals surface area contributed by atoms with Gasteiger partial charge in [-0.15, -0.1) is 0 Å². The first-order chi connectivity index (χ1) is 11.1. The molecule has 2 fully saturated rings. The molecule has 0 aliphatic carbocycles. The predicted molar refractivity (Wildman–Crippen MR) is 86.8 cm³/mol. The normalized spacial score (nSPS) is 24.4. The number of nitrogens with zero attached hydrogens (tertiary/aromatic N) is 2. The summed E-state index contributed by atoms with van der Waals surface area (Å²) in [6.45, 7) is 4.70. The highest BCUT2D eigenvalue weighted by atomic mass is 16.5. The molecular formula is C18H26N2O3. The van der Waals surface area contributed by atoms with Crippen LogP contribution >= 0.6 is 0 Å². The van der Waals surface area contributed by atoms with Crippen molar-refractivity contribution < 1.29 is 14.6 Å². The van der Waals surface area contributed by atoms with Crippen molar-refractivity contribution in [2.24, 2.45) is 5.92 Å². The van der Waals surface area contributed by atoms with Gasteiger partial charge in [-0.2, -0.15) is 0 Å². The first kappa shape index (κ1) is 16.4. The average Bonchev–Trinajstić information content (AvgIpc) is 2.57. The number of hydrogen-bond acceptors (Lipinski definition) is 4. The minimum Gasteiger partial charge on any atom is -0.383 e. The van der Waals surface area contributed by atoms with Gasteiger partial charge in [0.1, 0.15) is 5.60 Å². The molecule has 0 unspecified atom stereocenters. The summed E-state index contributed by atoms with van der Waals surface area (Å²) in [4.78, 5) is 18.7. The summed E-state index contributed by atoms with van der Waals surface area (Å²) in [5.74, 6) is 0.551. The summed E-state index contributed by atoms with van der Waals surface area (Å²) in [6, 6.07) is 3.87. The van der Waals surface area contributed by atoms with Crippen LogP contribution in [0.1, 0.15) is 43.4 Å². The highest BCUT2D eigenvalue weighted by Gasteiger charge is 2.36. The third-order valence-corrected chi connectivity index (χ3v) is 5.05. The van der Waals surface area contributed by atoms with Crippen LogP contribution in [0.25, 0.3) is 0 Å². The fourth-order valence-electron chi connectivity index (χ4n) is 3.47. The molecular weight excluding hydrogens is 292 g/mol. The van der Waals surface area contributed by atoms with E-state index in [0.29, 0.717) is 44.9 Å². The van der Waals surface area contributed by atoms with Gasteiger partial charge in [-0.25, -0.2) is 0 Å². The van der Waals surface area contributed by atoms with E-state index in [2.05, 4.69) is 4.98 Å². The highest BCUT2D eigenvalue weighted by molar-refractivity contribution is 5.76. The van der Waals surface area contributed by atoms with Crippen LogP contribution in [0.4, 0.5) is 0 Å². The molecule has 1 aromatic rings. The maximum Gasteiger partial charge on any atom is 0.222 e. The summed E-state index contributed by atoms with van der Waals surface area (Å²) < 4.78 is 5.45. The zero-order valence-electron chi connectivity index (χ0n) is 13.8. The number of aromatic nitrogens is 1. The fourth-order valence-corrected chi connectivity index (χ4v) is 3.47. The van der Waals surface area contributed by atoms with Crippen LogP contribution < -0.4 is 0 Å². The molecule has 3 heterocycles. The molecule has 5 heteroatoms. The van der Waals surface area contributed by atoms with Crippen molar-refractivity contribution in [3.8, 4) is 0 Å². The van der Waals surface area contributed by atoms with E-state index >= 15 is 0 Å². The summed E-state index contributed by atoms with van der Waals surface area (Å²) in [5, 5.41) is 10.8. The minimum atomic E-state index is -0.904. The van der Waals surface area contributed by atoms with E-state index in [1.54, 1.807) is 6.20 Å². The average molecular weight is 318 g/mol. The Kier molecular flexibility index (Phi) is 4.97. The van der Waals surface area contributed by atoms with Crippen molar-refractivity contribution in [3.63, 3.8) is 0 Å². The Hall–Kier alpha value is -1.46. The number of amides is 1. The van der Waals surface area contributed by atoms with Crippen LogP contribution in [-0.2, 0) is 15.1 Å². The van der Waals surface area contributed by atoms with Gasteiger partial charge in [0.2, 0.25) is 5.91 Å². The first-order valence-electron chi connectivity index (χ1n) is 8.58. The van der Waals surface area contributed by atoms with E-state index in [1.165, 1.54) is 0 Å². The fraction of sp³-hybridized carbons (Fsp3) is 0.667. The number of pyridine rings is 1. The zero-order chi connectivity index (χ0) is 16.3. The largest absolute Gasteiger partial charge is 0.383 e. The molecule has 2 aliphatic heterocycles. The Morgan fingerprint density at radius 1 is 1.43 bits per heavy atom. The van der Waals surface area contributed by atoms with E-state index in [4.69, 9.17) is 4.74 Å². The molecule has 0 aromatic carbocycles. The monoisotopic (exact) mass is 318 g/mol. The lowest BCUT2D eigenvalue weighted by molar-refractivity contribution is -0.138. The van der Waals surface area contributed by atoms with Crippen molar-refractivity contribution in [2.75, 3.05) is 26.3 Å². The zero-order valence-corrected chi connectivity index (χ0v) is 13.8. The quantitative estimate of drug-likeness (QED) is 0.926. The van der Waals surface area contributed by atoms with Crippen LogP contribution in [0, 0.1) is 12.8 Å². The molecule has 1 N–H and O–H groups in total. The topological polar surface area (TPSA) is 62.7 Å². The number of carbonyl (C=O) groups excluding carboxylic acids is 1. The molecule has 0 bridgehead atoms. The third-order valence-electron chi connectivity index (χ3n) is 5.05. The molecule has 2 saturated heterocycles. The van der Waals surface area contributed by atoms with E-state index in [-0.39, 0.29) is 5.91 Å². The minimum absolute atomic E-state index is 0.194. The standard InChI is InChI=1S/C18H26N2O3/c1-14-4-5-16(19-12-14)18(22)6-8-20(9-7-18)17(21)11-15-3-2-10-23-13-15/h4-5,12,15,22H,2-3,6-11,13H2,1H3/t15-/m0/s1. The van der Waals surface area contributed by atoms with Crippen molar-refractivity contribution in [1.82, 2.24) is 9.88 Å². The van der Waals surface area contributed by atoms with Gasteiger partial charge in [-0.1, -0.05) is 6.07 Å². The molecule has 1 amide bonds. The molecule has 1 atom stereocenters. The lowest BCUT2D eigenvalue weighted by Gasteiger charge is -2.38. The smallest absolute Gasteiger partial charge is 0.222 e. The van der Waals surface area contributed by atoms with Gasteiger partial charge in [0.15, 0.2) is 0 Å². The summed E-state index contributed by atoms with van der Waals surface area (Å²) in [7, 11) is 0. The van der Waals surface area contributed by atoms with Crippen molar-refractivity contribution in [1.29, 1.82) is 0 Å². The van der Waals surface area contributed by atoms with E-state index in [1.807, 2.05) is 24.0 Å². The molecule has 5 nitrogen and oxygen atoms in total. The second-order valence-electron chi connectivity index (χ2n) is 6.92. The second-order valence-corrected chi connectivity index (χ2v) is 6.92. The number of likely N-dealkylation sites (tertiary alicyclic amines) is 1. The predicted octanol–water partition coefficient (Wildman–Crippen LogP) is 2.02. The molecule has 126 valence electrons. The lowest BCUT2D eigenvalue weighted by atomic mass is 9.87. The molecule has 23 heavy (non-hydrogen) atoms. The molecule has 3 rings (SSSR count). The van der Waals surface area contributed by atoms with Gasteiger partial charge < -0.3 is 14.7 Å². The van der Waals surface area contributed by atoms with Crippen LogP contribution in [0.15, 0.2) is 18.3 Å². The number of aliphatic hydroxyl groups is 1. The third kappa shape index (κ3) is 3.90. The van der Waals surface area contributed by atoms with Crippen LogP contribution in [-0.4, -0.2) is 47.2 Å². The maximum atomic E-state index is 12.4. The van der Waals surface area contributed by atoms with Crippen LogP contribution in [0.3, 0.4) is 0 Å². The number of aryl methyl sites for hydroxylation is 1. The van der Waals surface area contributed by atoms with Crippen molar-refractivity contribution in [3.05, 3.63) is 29.6 Å². The van der Waals surface area contributed by atoms with Gasteiger partial charge >= 0.3 is 0 Å². The highest BCUT2D eigenvalue weighted by Crippen LogP contribution is 2.32. The molecule has 0 saturated carbocycles. The van der Waals surface area contributed by atoms with Gasteiger partial charge in [0, 0.05) is 38.9 Å². The Labute approximate surface area is 137 Å². The Morgan fingerprint density at radius 3 is 2.83 bits per heavy atom. The number of carbonyl (C=O) groups is 1. The molecule has 0 spiro atoms. The molecule has 2 aliphatic rings. The van der Waals surface area contributed by atoms with Gasteiger partial charge in [-0.05, 0) is 50.2 Å². The Bertz CT molecular complexity index is 530. The van der Waals surface area contributed by atoms with Gasteiger partial charge in [0.05, 0.1) is 5.69 Å². The lowest BCUT2D eigenvalue weighted by Crippen LogP contribution is -2.46. The van der Waals surface area contributed by atoms with E-state index < -0.39 is 5.60 Å². The van der Waals surface area contributed by atoms with Crippen molar-refractivity contribution in [2.45, 2.75) is 44.6 Å². The molecule has 0 radical (unpaired) electrons. The maximum absolute atomic E-state index is 12.4. The van der Waals surface area contributed by atoms with Gasteiger partial charge in [0.25, 0.3) is 0 Å². The van der Waals surface area contributed by atoms with E-state index in [9.17, 15) is 9.90 Å².